The lowest BCUT2D eigenvalue weighted by atomic mass is 10.1. The van der Waals surface area contributed by atoms with E-state index in [9.17, 15) is 0 Å². The fraction of sp³-hybridized carbons (Fsp3) is 0.167. The lowest BCUT2D eigenvalue weighted by Gasteiger charge is -2.01. The van der Waals surface area contributed by atoms with Crippen LogP contribution < -0.4 is 5.73 Å². The first-order valence-electron chi connectivity index (χ1n) is 4.74. The van der Waals surface area contributed by atoms with Crippen LogP contribution >= 0.6 is 27.3 Å². The molecule has 2 N–H and O–H groups in total. The van der Waals surface area contributed by atoms with Crippen molar-refractivity contribution in [3.05, 3.63) is 45.2 Å². The topological polar surface area (TPSA) is 26.0 Å². The van der Waals surface area contributed by atoms with Gasteiger partial charge in [-0.2, -0.15) is 0 Å². The molecule has 0 aliphatic rings. The fourth-order valence-electron chi connectivity index (χ4n) is 1.38. The van der Waals surface area contributed by atoms with E-state index in [2.05, 4.69) is 52.5 Å². The molecule has 2 rings (SSSR count). The van der Waals surface area contributed by atoms with Gasteiger partial charge < -0.3 is 5.73 Å². The number of halogens is 1. The zero-order chi connectivity index (χ0) is 10.8. The van der Waals surface area contributed by atoms with Gasteiger partial charge in [-0.3, -0.25) is 0 Å². The summed E-state index contributed by atoms with van der Waals surface area (Å²) in [5, 5.41) is 2.11. The Balaban J connectivity index is 2.40. The molecule has 1 aromatic carbocycles. The Morgan fingerprint density at radius 1 is 1.33 bits per heavy atom. The van der Waals surface area contributed by atoms with Crippen LogP contribution in [0.3, 0.4) is 0 Å². The molecular weight excluding hydrogens is 270 g/mol. The van der Waals surface area contributed by atoms with Crippen molar-refractivity contribution >= 4 is 27.3 Å². The molecule has 0 atom stereocenters. The van der Waals surface area contributed by atoms with Crippen LogP contribution in [0.25, 0.3) is 10.4 Å². The van der Waals surface area contributed by atoms with E-state index in [-0.39, 0.29) is 0 Å². The minimum Gasteiger partial charge on any atom is -0.326 e. The van der Waals surface area contributed by atoms with E-state index in [0.717, 1.165) is 4.47 Å². The Morgan fingerprint density at radius 3 is 2.73 bits per heavy atom. The van der Waals surface area contributed by atoms with E-state index in [0.29, 0.717) is 6.54 Å². The van der Waals surface area contributed by atoms with E-state index in [1.54, 1.807) is 11.3 Å². The molecule has 78 valence electrons. The highest BCUT2D eigenvalue weighted by molar-refractivity contribution is 9.10. The maximum atomic E-state index is 5.59. The third kappa shape index (κ3) is 2.30. The van der Waals surface area contributed by atoms with Crippen molar-refractivity contribution in [2.45, 2.75) is 13.5 Å². The van der Waals surface area contributed by atoms with Gasteiger partial charge in [-0.1, -0.05) is 28.1 Å². The number of hydrogen-bond donors (Lipinski definition) is 1. The summed E-state index contributed by atoms with van der Waals surface area (Å²) in [6, 6.07) is 8.58. The van der Waals surface area contributed by atoms with Gasteiger partial charge in [0.15, 0.2) is 0 Å². The van der Waals surface area contributed by atoms with Gasteiger partial charge in [-0.15, -0.1) is 11.3 Å². The minimum atomic E-state index is 0.615. The molecule has 15 heavy (non-hydrogen) atoms. The molecular formula is C12H12BrNS. The summed E-state index contributed by atoms with van der Waals surface area (Å²) in [5.74, 6) is 0. The molecule has 0 aliphatic heterocycles. The van der Waals surface area contributed by atoms with Crippen LogP contribution in [0.5, 0.6) is 0 Å². The highest BCUT2D eigenvalue weighted by Gasteiger charge is 2.03. The molecule has 1 nitrogen and oxygen atoms in total. The van der Waals surface area contributed by atoms with Crippen molar-refractivity contribution in [3.8, 4) is 10.4 Å². The summed E-state index contributed by atoms with van der Waals surface area (Å²) >= 11 is 5.29. The third-order valence-corrected chi connectivity index (χ3v) is 4.23. The number of benzene rings is 1. The Bertz CT molecular complexity index is 476. The van der Waals surface area contributed by atoms with Gasteiger partial charge in [0.05, 0.1) is 0 Å². The van der Waals surface area contributed by atoms with Crippen LogP contribution in [0.1, 0.15) is 11.1 Å². The van der Waals surface area contributed by atoms with Gasteiger partial charge in [0.2, 0.25) is 0 Å². The van der Waals surface area contributed by atoms with Crippen LogP contribution in [0, 0.1) is 6.92 Å². The van der Waals surface area contributed by atoms with Crippen molar-refractivity contribution in [3.63, 3.8) is 0 Å². The first-order valence-corrected chi connectivity index (χ1v) is 6.42. The van der Waals surface area contributed by atoms with Crippen LogP contribution in [0.15, 0.2) is 34.1 Å². The molecule has 0 saturated carbocycles. The van der Waals surface area contributed by atoms with E-state index in [1.165, 1.54) is 21.6 Å². The van der Waals surface area contributed by atoms with Crippen LogP contribution in [0.4, 0.5) is 0 Å². The second-order valence-corrected chi connectivity index (χ2v) is 5.25. The quantitative estimate of drug-likeness (QED) is 0.887. The van der Waals surface area contributed by atoms with Gasteiger partial charge in [-0.25, -0.2) is 0 Å². The minimum absolute atomic E-state index is 0.615. The zero-order valence-corrected chi connectivity index (χ0v) is 10.9. The predicted octanol–water partition coefficient (Wildman–Crippen LogP) is 3.94. The molecule has 0 aliphatic carbocycles. The number of rotatable bonds is 2. The maximum absolute atomic E-state index is 5.59. The van der Waals surface area contributed by atoms with Crippen LogP contribution in [-0.2, 0) is 6.54 Å². The zero-order valence-electron chi connectivity index (χ0n) is 8.46. The molecule has 0 bridgehead atoms. The lowest BCUT2D eigenvalue weighted by Crippen LogP contribution is -1.92. The van der Waals surface area contributed by atoms with E-state index >= 15 is 0 Å². The number of nitrogens with two attached hydrogens (primary N) is 1. The van der Waals surface area contributed by atoms with Gasteiger partial charge in [0.1, 0.15) is 0 Å². The first-order chi connectivity index (χ1) is 7.20. The van der Waals surface area contributed by atoms with E-state index < -0.39 is 0 Å². The summed E-state index contributed by atoms with van der Waals surface area (Å²) in [5.41, 5.74) is 9.30. The second kappa shape index (κ2) is 4.47. The molecule has 0 spiro atoms. The average Bonchev–Trinajstić information content (AvgIpc) is 2.70. The standard InChI is InChI=1S/C12H12BrNS/c1-8-2-3-10(5-11(8)13)12-4-9(6-14)7-15-12/h2-5,7H,6,14H2,1H3. The molecule has 0 fully saturated rings. The van der Waals surface area contributed by atoms with Gasteiger partial charge in [0.25, 0.3) is 0 Å². The molecule has 0 amide bonds. The van der Waals surface area contributed by atoms with Crippen molar-refractivity contribution in [1.29, 1.82) is 0 Å². The Hall–Kier alpha value is -0.640. The number of thiophene rings is 1. The highest BCUT2D eigenvalue weighted by atomic mass is 79.9. The van der Waals surface area contributed by atoms with Crippen molar-refractivity contribution in [2.75, 3.05) is 0 Å². The summed E-state index contributed by atoms with van der Waals surface area (Å²) in [6.07, 6.45) is 0. The third-order valence-electron chi connectivity index (χ3n) is 2.35. The molecule has 0 saturated heterocycles. The maximum Gasteiger partial charge on any atom is 0.0346 e. The summed E-state index contributed by atoms with van der Waals surface area (Å²) < 4.78 is 1.16. The SMILES string of the molecule is Cc1ccc(-c2cc(CN)cs2)cc1Br. The van der Waals surface area contributed by atoms with Gasteiger partial charge in [-0.05, 0) is 41.1 Å². The van der Waals surface area contributed by atoms with Crippen molar-refractivity contribution in [1.82, 2.24) is 0 Å². The molecule has 0 radical (unpaired) electrons. The van der Waals surface area contributed by atoms with Crippen LogP contribution in [-0.4, -0.2) is 0 Å². The highest BCUT2D eigenvalue weighted by Crippen LogP contribution is 2.30. The number of hydrogen-bond acceptors (Lipinski definition) is 2. The monoisotopic (exact) mass is 281 g/mol. The first kappa shape index (κ1) is 10.9. The lowest BCUT2D eigenvalue weighted by molar-refractivity contribution is 1.08. The molecule has 0 unspecified atom stereocenters. The Kier molecular flexibility index (Phi) is 3.24. The number of aryl methyl sites for hydroxylation is 1. The van der Waals surface area contributed by atoms with Gasteiger partial charge in [0, 0.05) is 15.9 Å². The summed E-state index contributed by atoms with van der Waals surface area (Å²) in [6.45, 7) is 2.71. The molecule has 2 aromatic rings. The summed E-state index contributed by atoms with van der Waals surface area (Å²) in [7, 11) is 0. The average molecular weight is 282 g/mol. The fourth-order valence-corrected chi connectivity index (χ4v) is 2.68. The smallest absolute Gasteiger partial charge is 0.0346 e. The molecule has 1 aromatic heterocycles. The van der Waals surface area contributed by atoms with Gasteiger partial charge >= 0.3 is 0 Å². The van der Waals surface area contributed by atoms with Crippen molar-refractivity contribution in [2.24, 2.45) is 5.73 Å². The largest absolute Gasteiger partial charge is 0.326 e. The normalized spacial score (nSPS) is 10.6. The summed E-state index contributed by atoms with van der Waals surface area (Å²) in [4.78, 5) is 1.27. The van der Waals surface area contributed by atoms with Crippen LogP contribution in [0.2, 0.25) is 0 Å². The predicted molar refractivity (Wildman–Crippen MR) is 70.1 cm³/mol. The Morgan fingerprint density at radius 2 is 2.13 bits per heavy atom. The second-order valence-electron chi connectivity index (χ2n) is 3.49. The van der Waals surface area contributed by atoms with E-state index in [4.69, 9.17) is 5.73 Å². The van der Waals surface area contributed by atoms with E-state index in [1.807, 2.05) is 0 Å². The molecule has 1 heterocycles. The Labute approximate surface area is 102 Å². The van der Waals surface area contributed by atoms with Crippen molar-refractivity contribution < 1.29 is 0 Å². The molecule has 3 heteroatoms.